The zero-order valence-corrected chi connectivity index (χ0v) is 27.9. The largest absolute Gasteiger partial charge is 0.494 e. The molecule has 0 aliphatic carbocycles. The first-order chi connectivity index (χ1) is 22.0. The Kier molecular flexibility index (Phi) is 13.4. The van der Waals surface area contributed by atoms with E-state index < -0.39 is 0 Å². The fourth-order valence-electron chi connectivity index (χ4n) is 6.04. The molecule has 0 saturated carbocycles. The number of carbonyl (C=O) groups excluding carboxylic acids is 1. The minimum absolute atomic E-state index is 0.102. The normalized spacial score (nSPS) is 11.9. The molecular formula is C38H53N3O4. The Balaban J connectivity index is 1.44. The van der Waals surface area contributed by atoms with E-state index in [-0.39, 0.29) is 5.91 Å². The van der Waals surface area contributed by atoms with Crippen molar-refractivity contribution in [3.05, 3.63) is 66.2 Å². The zero-order valence-electron chi connectivity index (χ0n) is 27.9. The number of carbonyl (C=O) groups is 1. The predicted octanol–water partition coefficient (Wildman–Crippen LogP) is 9.35. The maximum atomic E-state index is 14.2. The lowest BCUT2D eigenvalue weighted by Crippen LogP contribution is -2.29. The van der Waals surface area contributed by atoms with E-state index >= 15 is 0 Å². The molecule has 244 valence electrons. The Morgan fingerprint density at radius 1 is 0.667 bits per heavy atom. The third-order valence-electron chi connectivity index (χ3n) is 8.72. The van der Waals surface area contributed by atoms with Gasteiger partial charge < -0.3 is 24.4 Å². The first-order valence-electron chi connectivity index (χ1n) is 17.2. The van der Waals surface area contributed by atoms with Crippen LogP contribution in [0.25, 0.3) is 0 Å². The quantitative estimate of drug-likeness (QED) is 0.136. The minimum atomic E-state index is -0.102. The minimum Gasteiger partial charge on any atom is -0.494 e. The summed E-state index contributed by atoms with van der Waals surface area (Å²) in [7, 11) is 0. The van der Waals surface area contributed by atoms with Crippen LogP contribution in [0, 0.1) is 0 Å². The fraction of sp³-hybridized carbons (Fsp3) is 0.500. The number of aliphatic hydroxyl groups excluding tert-OH is 1. The molecule has 0 unspecified atom stereocenters. The number of fused-ring (bicyclic) bond motifs is 2. The molecule has 1 aliphatic heterocycles. The highest BCUT2D eigenvalue weighted by molar-refractivity contribution is 6.13. The van der Waals surface area contributed by atoms with Crippen molar-refractivity contribution in [2.75, 3.05) is 54.1 Å². The van der Waals surface area contributed by atoms with E-state index in [0.717, 1.165) is 80.4 Å². The van der Waals surface area contributed by atoms with Crippen LogP contribution in [-0.2, 0) is 0 Å². The lowest BCUT2D eigenvalue weighted by atomic mass is 10.1. The van der Waals surface area contributed by atoms with Gasteiger partial charge in [-0.3, -0.25) is 9.69 Å². The molecule has 0 radical (unpaired) electrons. The molecule has 1 amide bonds. The molecule has 0 atom stereocenters. The average molecular weight is 616 g/mol. The van der Waals surface area contributed by atoms with Gasteiger partial charge in [0, 0.05) is 61.9 Å². The topological polar surface area (TPSA) is 65.5 Å². The maximum absolute atomic E-state index is 14.2. The van der Waals surface area contributed by atoms with Crippen LogP contribution in [0.1, 0.15) is 95.8 Å². The molecule has 4 rings (SSSR count). The van der Waals surface area contributed by atoms with Crippen molar-refractivity contribution in [3.8, 4) is 17.2 Å². The lowest BCUT2D eigenvalue weighted by Gasteiger charge is -2.33. The second kappa shape index (κ2) is 17.7. The van der Waals surface area contributed by atoms with Crippen molar-refractivity contribution < 1.29 is 19.4 Å². The summed E-state index contributed by atoms with van der Waals surface area (Å²) in [6.07, 6.45) is 10.5. The highest BCUT2D eigenvalue weighted by Gasteiger charge is 2.31. The van der Waals surface area contributed by atoms with Crippen molar-refractivity contribution in [3.63, 3.8) is 0 Å². The Hall–Kier alpha value is -3.71. The van der Waals surface area contributed by atoms with E-state index in [1.807, 2.05) is 48.5 Å². The number of hydrogen-bond donors (Lipinski definition) is 1. The van der Waals surface area contributed by atoms with Crippen LogP contribution >= 0.6 is 0 Å². The molecule has 0 spiro atoms. The summed E-state index contributed by atoms with van der Waals surface area (Å²) >= 11 is 0. The SMILES string of the molecule is CCN(CC)c1ccc2c(c1)Oc1cc(N(CC)CC)ccc1N2C(=O)c1ccc(OCCCCCCCCCCCO)cc1. The summed E-state index contributed by atoms with van der Waals surface area (Å²) in [5.41, 5.74) is 4.23. The van der Waals surface area contributed by atoms with Gasteiger partial charge in [-0.15, -0.1) is 0 Å². The van der Waals surface area contributed by atoms with Gasteiger partial charge in [0.2, 0.25) is 0 Å². The summed E-state index contributed by atoms with van der Waals surface area (Å²) in [4.78, 5) is 20.5. The van der Waals surface area contributed by atoms with Crippen LogP contribution in [0.5, 0.6) is 17.2 Å². The number of benzene rings is 3. The molecule has 45 heavy (non-hydrogen) atoms. The number of amides is 1. The Bertz CT molecular complexity index is 1270. The van der Waals surface area contributed by atoms with Crippen LogP contribution in [0.15, 0.2) is 60.7 Å². The lowest BCUT2D eigenvalue weighted by molar-refractivity contribution is 0.0997. The smallest absolute Gasteiger partial charge is 0.263 e. The van der Waals surface area contributed by atoms with Crippen molar-refractivity contribution >= 4 is 28.7 Å². The molecule has 0 saturated heterocycles. The molecule has 7 nitrogen and oxygen atoms in total. The third kappa shape index (κ3) is 8.94. The van der Waals surface area contributed by atoms with Gasteiger partial charge in [0.1, 0.15) is 5.75 Å². The standard InChI is InChI=1S/C38H53N3O4/c1-5-39(6-2)31-20-24-34-36(28-31)45-37-29-32(40(7-3)8-4)21-25-35(37)41(34)38(43)30-18-22-33(23-19-30)44-27-17-15-13-11-9-10-12-14-16-26-42/h18-25,28-29,42H,5-17,26-27H2,1-4H3. The van der Waals surface area contributed by atoms with Gasteiger partial charge in [-0.05, 0) is 89.1 Å². The highest BCUT2D eigenvalue weighted by Crippen LogP contribution is 2.49. The van der Waals surface area contributed by atoms with E-state index in [4.69, 9.17) is 14.6 Å². The maximum Gasteiger partial charge on any atom is 0.263 e. The van der Waals surface area contributed by atoms with Gasteiger partial charge in [0.15, 0.2) is 11.5 Å². The van der Waals surface area contributed by atoms with Gasteiger partial charge in [-0.2, -0.15) is 0 Å². The van der Waals surface area contributed by atoms with E-state index in [9.17, 15) is 4.79 Å². The molecule has 1 N–H and O–H groups in total. The third-order valence-corrected chi connectivity index (χ3v) is 8.72. The van der Waals surface area contributed by atoms with Gasteiger partial charge in [0.05, 0.1) is 18.0 Å². The number of hydrogen-bond acceptors (Lipinski definition) is 6. The van der Waals surface area contributed by atoms with Gasteiger partial charge >= 0.3 is 0 Å². The fourth-order valence-corrected chi connectivity index (χ4v) is 6.04. The molecule has 3 aromatic rings. The number of unbranched alkanes of at least 4 members (excludes halogenated alkanes) is 8. The number of ether oxygens (including phenoxy) is 2. The summed E-state index contributed by atoms with van der Waals surface area (Å²) in [6.45, 7) is 13.1. The van der Waals surface area contributed by atoms with Crippen LogP contribution in [-0.4, -0.2) is 50.4 Å². The van der Waals surface area contributed by atoms with E-state index in [1.165, 1.54) is 32.1 Å². The Morgan fingerprint density at radius 2 is 1.13 bits per heavy atom. The van der Waals surface area contributed by atoms with Crippen LogP contribution in [0.2, 0.25) is 0 Å². The van der Waals surface area contributed by atoms with Crippen molar-refractivity contribution in [1.29, 1.82) is 0 Å². The molecule has 0 fully saturated rings. The number of nitrogens with zero attached hydrogens (tertiary/aromatic N) is 3. The van der Waals surface area contributed by atoms with E-state index in [0.29, 0.717) is 30.3 Å². The number of anilines is 4. The second-order valence-corrected chi connectivity index (χ2v) is 11.7. The second-order valence-electron chi connectivity index (χ2n) is 11.7. The first kappa shape index (κ1) is 34.2. The van der Waals surface area contributed by atoms with Crippen LogP contribution in [0.3, 0.4) is 0 Å². The van der Waals surface area contributed by atoms with Gasteiger partial charge in [-0.25, -0.2) is 0 Å². The van der Waals surface area contributed by atoms with Crippen LogP contribution < -0.4 is 24.2 Å². The number of rotatable bonds is 19. The van der Waals surface area contributed by atoms with Crippen molar-refractivity contribution in [2.24, 2.45) is 0 Å². The highest BCUT2D eigenvalue weighted by atomic mass is 16.5. The summed E-state index contributed by atoms with van der Waals surface area (Å²) in [5, 5.41) is 8.86. The molecule has 1 heterocycles. The van der Waals surface area contributed by atoms with Crippen LogP contribution in [0.4, 0.5) is 22.7 Å². The number of aliphatic hydroxyl groups is 1. The molecule has 3 aromatic carbocycles. The molecule has 0 bridgehead atoms. The van der Waals surface area contributed by atoms with Crippen molar-refractivity contribution in [2.45, 2.75) is 85.5 Å². The van der Waals surface area contributed by atoms with E-state index in [2.05, 4.69) is 49.6 Å². The van der Waals surface area contributed by atoms with Crippen molar-refractivity contribution in [1.82, 2.24) is 0 Å². The summed E-state index contributed by atoms with van der Waals surface area (Å²) in [5.74, 6) is 2.04. The monoisotopic (exact) mass is 615 g/mol. The first-order valence-corrected chi connectivity index (χ1v) is 17.2. The molecule has 0 aromatic heterocycles. The zero-order chi connectivity index (χ0) is 32.0. The average Bonchev–Trinajstić information content (AvgIpc) is 3.07. The molecule has 7 heteroatoms. The molecule has 1 aliphatic rings. The summed E-state index contributed by atoms with van der Waals surface area (Å²) in [6, 6.07) is 19.7. The van der Waals surface area contributed by atoms with Gasteiger partial charge in [-0.1, -0.05) is 44.9 Å². The Labute approximate surface area is 270 Å². The molecular weight excluding hydrogens is 562 g/mol. The van der Waals surface area contributed by atoms with Gasteiger partial charge in [0.25, 0.3) is 5.91 Å². The predicted molar refractivity (Wildman–Crippen MR) is 187 cm³/mol. The van der Waals surface area contributed by atoms with E-state index in [1.54, 1.807) is 4.90 Å². The Morgan fingerprint density at radius 3 is 1.60 bits per heavy atom. The summed E-state index contributed by atoms with van der Waals surface area (Å²) < 4.78 is 12.5.